The summed E-state index contributed by atoms with van der Waals surface area (Å²) in [4.78, 5) is 11.0. The SMILES string of the molecule is C/C(=C\c1cc(C(C)(C)C)c(O)c(C(C)(C)C)c1)C(=O)O. The van der Waals surface area contributed by atoms with Crippen molar-refractivity contribution >= 4 is 12.0 Å². The third-order valence-corrected chi connectivity index (χ3v) is 3.47. The van der Waals surface area contributed by atoms with E-state index in [1.807, 2.05) is 53.7 Å². The molecule has 0 aromatic heterocycles. The van der Waals surface area contributed by atoms with Crippen LogP contribution in [-0.4, -0.2) is 16.2 Å². The van der Waals surface area contributed by atoms with Crippen molar-refractivity contribution in [1.29, 1.82) is 0 Å². The minimum atomic E-state index is -0.933. The average molecular weight is 290 g/mol. The van der Waals surface area contributed by atoms with Crippen molar-refractivity contribution in [3.8, 4) is 5.75 Å². The Morgan fingerprint density at radius 3 is 1.67 bits per heavy atom. The fraction of sp³-hybridized carbons (Fsp3) is 0.500. The molecule has 21 heavy (non-hydrogen) atoms. The molecule has 3 nitrogen and oxygen atoms in total. The number of carboxylic acid groups (broad SMARTS) is 1. The number of carboxylic acids is 1. The van der Waals surface area contributed by atoms with Crippen LogP contribution in [0.5, 0.6) is 5.75 Å². The molecule has 0 aliphatic rings. The van der Waals surface area contributed by atoms with Gasteiger partial charge in [-0.1, -0.05) is 41.5 Å². The van der Waals surface area contributed by atoms with E-state index < -0.39 is 5.97 Å². The number of carbonyl (C=O) groups is 1. The number of rotatable bonds is 2. The highest BCUT2D eigenvalue weighted by Crippen LogP contribution is 2.40. The zero-order valence-electron chi connectivity index (χ0n) is 14.0. The Hall–Kier alpha value is -1.77. The molecule has 0 radical (unpaired) electrons. The van der Waals surface area contributed by atoms with Crippen LogP contribution in [0.15, 0.2) is 17.7 Å². The van der Waals surface area contributed by atoms with Gasteiger partial charge in [-0.05, 0) is 41.5 Å². The first-order valence-corrected chi connectivity index (χ1v) is 7.13. The minimum Gasteiger partial charge on any atom is -0.507 e. The number of aromatic hydroxyl groups is 1. The molecule has 0 aliphatic carbocycles. The first-order valence-electron chi connectivity index (χ1n) is 7.13. The highest BCUT2D eigenvalue weighted by molar-refractivity contribution is 5.91. The molecule has 116 valence electrons. The van der Waals surface area contributed by atoms with Gasteiger partial charge in [-0.3, -0.25) is 0 Å². The summed E-state index contributed by atoms with van der Waals surface area (Å²) in [6.07, 6.45) is 1.65. The highest BCUT2D eigenvalue weighted by atomic mass is 16.4. The third-order valence-electron chi connectivity index (χ3n) is 3.47. The van der Waals surface area contributed by atoms with Crippen LogP contribution in [0.25, 0.3) is 6.08 Å². The summed E-state index contributed by atoms with van der Waals surface area (Å²) in [5, 5.41) is 19.6. The predicted octanol–water partition coefficient (Wildman–Crippen LogP) is 4.48. The Morgan fingerprint density at radius 2 is 1.38 bits per heavy atom. The molecule has 1 rings (SSSR count). The topological polar surface area (TPSA) is 57.5 Å². The van der Waals surface area contributed by atoms with Crippen molar-refractivity contribution in [3.05, 3.63) is 34.4 Å². The van der Waals surface area contributed by atoms with E-state index in [4.69, 9.17) is 5.11 Å². The maximum atomic E-state index is 11.0. The molecule has 0 saturated heterocycles. The lowest BCUT2D eigenvalue weighted by atomic mass is 9.78. The third kappa shape index (κ3) is 4.10. The largest absolute Gasteiger partial charge is 0.507 e. The zero-order chi connectivity index (χ0) is 16.6. The second kappa shape index (κ2) is 5.55. The van der Waals surface area contributed by atoms with Crippen LogP contribution in [0.4, 0.5) is 0 Å². The predicted molar refractivity (Wildman–Crippen MR) is 86.8 cm³/mol. The van der Waals surface area contributed by atoms with Gasteiger partial charge in [0.05, 0.1) is 0 Å². The molecule has 0 spiro atoms. The molecule has 3 heteroatoms. The molecular weight excluding hydrogens is 264 g/mol. The Bertz CT molecular complexity index is 546. The van der Waals surface area contributed by atoms with Gasteiger partial charge < -0.3 is 10.2 Å². The van der Waals surface area contributed by atoms with Gasteiger partial charge in [-0.2, -0.15) is 0 Å². The highest BCUT2D eigenvalue weighted by Gasteiger charge is 2.26. The van der Waals surface area contributed by atoms with Crippen LogP contribution in [0.3, 0.4) is 0 Å². The van der Waals surface area contributed by atoms with E-state index in [2.05, 4.69) is 0 Å². The molecule has 0 aliphatic heterocycles. The Labute approximate surface area is 127 Å². The molecule has 0 atom stereocenters. The number of aliphatic carboxylic acids is 1. The van der Waals surface area contributed by atoms with E-state index in [9.17, 15) is 9.90 Å². The second-order valence-electron chi connectivity index (χ2n) is 7.60. The summed E-state index contributed by atoms with van der Waals surface area (Å²) in [5.74, 6) is -0.627. The first-order chi connectivity index (χ1) is 9.34. The van der Waals surface area contributed by atoms with Crippen LogP contribution in [0.1, 0.15) is 65.2 Å². The van der Waals surface area contributed by atoms with Gasteiger partial charge in [0.25, 0.3) is 0 Å². The van der Waals surface area contributed by atoms with Gasteiger partial charge in [-0.25, -0.2) is 4.79 Å². The van der Waals surface area contributed by atoms with E-state index >= 15 is 0 Å². The molecular formula is C18H26O3. The summed E-state index contributed by atoms with van der Waals surface area (Å²) in [5.41, 5.74) is 2.32. The molecule has 2 N–H and O–H groups in total. The van der Waals surface area contributed by atoms with E-state index in [0.717, 1.165) is 16.7 Å². The Balaban J connectivity index is 3.63. The van der Waals surface area contributed by atoms with Gasteiger partial charge in [0, 0.05) is 16.7 Å². The molecule has 0 fully saturated rings. The zero-order valence-corrected chi connectivity index (χ0v) is 14.0. The maximum absolute atomic E-state index is 11.0. The van der Waals surface area contributed by atoms with Crippen LogP contribution in [0, 0.1) is 0 Å². The van der Waals surface area contributed by atoms with Gasteiger partial charge in [-0.15, -0.1) is 0 Å². The Morgan fingerprint density at radius 1 is 1.00 bits per heavy atom. The summed E-state index contributed by atoms with van der Waals surface area (Å²) < 4.78 is 0. The van der Waals surface area contributed by atoms with Gasteiger partial charge in [0.2, 0.25) is 0 Å². The maximum Gasteiger partial charge on any atom is 0.331 e. The van der Waals surface area contributed by atoms with Crippen LogP contribution in [0.2, 0.25) is 0 Å². The second-order valence-corrected chi connectivity index (χ2v) is 7.60. The van der Waals surface area contributed by atoms with Crippen molar-refractivity contribution in [2.24, 2.45) is 0 Å². The lowest BCUT2D eigenvalue weighted by Gasteiger charge is -2.28. The van der Waals surface area contributed by atoms with Gasteiger partial charge >= 0.3 is 5.97 Å². The summed E-state index contributed by atoms with van der Waals surface area (Å²) in [6.45, 7) is 13.8. The standard InChI is InChI=1S/C18H26O3/c1-11(16(20)21)8-12-9-13(17(2,3)4)15(19)14(10-12)18(5,6)7/h8-10,19H,1-7H3,(H,20,21)/b11-8+. The van der Waals surface area contributed by atoms with Gasteiger partial charge in [0.15, 0.2) is 0 Å². The number of benzene rings is 1. The number of phenolic OH excluding ortho intramolecular Hbond substituents is 1. The summed E-state index contributed by atoms with van der Waals surface area (Å²) in [6, 6.07) is 3.74. The minimum absolute atomic E-state index is 0.217. The normalized spacial score (nSPS) is 13.4. The van der Waals surface area contributed by atoms with Crippen LogP contribution >= 0.6 is 0 Å². The molecule has 0 saturated carbocycles. The van der Waals surface area contributed by atoms with E-state index in [1.165, 1.54) is 0 Å². The molecule has 0 bridgehead atoms. The number of hydrogen-bond acceptors (Lipinski definition) is 2. The number of phenols is 1. The van der Waals surface area contributed by atoms with Crippen molar-refractivity contribution in [3.63, 3.8) is 0 Å². The van der Waals surface area contributed by atoms with E-state index in [-0.39, 0.29) is 16.4 Å². The van der Waals surface area contributed by atoms with Crippen molar-refractivity contribution in [2.75, 3.05) is 0 Å². The first kappa shape index (κ1) is 17.3. The number of hydrogen-bond donors (Lipinski definition) is 2. The lowest BCUT2D eigenvalue weighted by molar-refractivity contribution is -0.132. The summed E-state index contributed by atoms with van der Waals surface area (Å²) >= 11 is 0. The molecule has 1 aromatic carbocycles. The fourth-order valence-corrected chi connectivity index (χ4v) is 2.20. The van der Waals surface area contributed by atoms with Crippen molar-refractivity contribution < 1.29 is 15.0 Å². The van der Waals surface area contributed by atoms with Crippen LogP contribution < -0.4 is 0 Å². The van der Waals surface area contributed by atoms with E-state index in [1.54, 1.807) is 13.0 Å². The quantitative estimate of drug-likeness (QED) is 0.790. The average Bonchev–Trinajstić information content (AvgIpc) is 2.27. The summed E-state index contributed by atoms with van der Waals surface area (Å²) in [7, 11) is 0. The van der Waals surface area contributed by atoms with Crippen LogP contribution in [-0.2, 0) is 15.6 Å². The molecule has 1 aromatic rings. The molecule has 0 heterocycles. The fourth-order valence-electron chi connectivity index (χ4n) is 2.20. The monoisotopic (exact) mass is 290 g/mol. The van der Waals surface area contributed by atoms with Gasteiger partial charge in [0.1, 0.15) is 5.75 Å². The molecule has 0 amide bonds. The lowest BCUT2D eigenvalue weighted by Crippen LogP contribution is -2.17. The van der Waals surface area contributed by atoms with Crippen molar-refractivity contribution in [2.45, 2.75) is 59.3 Å². The smallest absolute Gasteiger partial charge is 0.331 e. The molecule has 0 unspecified atom stereocenters. The van der Waals surface area contributed by atoms with Crippen molar-refractivity contribution in [1.82, 2.24) is 0 Å². The van der Waals surface area contributed by atoms with E-state index in [0.29, 0.717) is 5.75 Å². The Kier molecular flexibility index (Phi) is 4.57.